The van der Waals surface area contributed by atoms with Crippen LogP contribution in [0, 0.1) is 0 Å². The Kier molecular flexibility index (Phi) is 9.76. The molecule has 0 saturated heterocycles. The second kappa shape index (κ2) is 10.4. The molecular formula is C12H15N3NaO7. The van der Waals surface area contributed by atoms with Crippen LogP contribution < -0.4 is 5.43 Å². The topological polar surface area (TPSA) is 173 Å². The molecule has 0 bridgehead atoms. The first kappa shape index (κ1) is 21.6. The Morgan fingerprint density at radius 1 is 1.13 bits per heavy atom. The number of carboxylic acid groups (broad SMARTS) is 1. The molecule has 1 aromatic heterocycles. The number of carbonyl (C=O) groups excluding carboxylic acids is 1. The monoisotopic (exact) mass is 336 g/mol. The predicted molar refractivity (Wildman–Crippen MR) is 77.6 cm³/mol. The zero-order chi connectivity index (χ0) is 16.7. The number of aliphatic hydroxyl groups is 4. The molecule has 0 unspecified atom stereocenters. The first-order valence-electron chi connectivity index (χ1n) is 6.03. The third-order valence-corrected chi connectivity index (χ3v) is 2.61. The number of pyridine rings is 1. The van der Waals surface area contributed by atoms with Crippen LogP contribution in [0.5, 0.6) is 0 Å². The number of nitrogens with zero attached hydrogens (tertiary/aromatic N) is 2. The van der Waals surface area contributed by atoms with Gasteiger partial charge in [-0.3, -0.25) is 9.78 Å². The number of rotatable bonds is 7. The Hall–Kier alpha value is -1.40. The van der Waals surface area contributed by atoms with Gasteiger partial charge >= 0.3 is 5.97 Å². The molecule has 4 atom stereocenters. The molecule has 1 aromatic rings. The van der Waals surface area contributed by atoms with Crippen molar-refractivity contribution in [3.63, 3.8) is 0 Å². The second-order valence-corrected chi connectivity index (χ2v) is 4.21. The summed E-state index contributed by atoms with van der Waals surface area (Å²) in [6, 6.07) is 2.84. The Morgan fingerprint density at radius 2 is 1.70 bits per heavy atom. The number of carboxylic acids is 1. The Bertz CT molecular complexity index is 543. The minimum atomic E-state index is -2.27. The molecule has 1 rings (SSSR count). The summed E-state index contributed by atoms with van der Waals surface area (Å²) >= 11 is 0. The molecule has 0 aromatic carbocycles. The summed E-state index contributed by atoms with van der Waals surface area (Å²) in [6.07, 6.45) is -4.75. The first-order chi connectivity index (χ1) is 10.3. The largest absolute Gasteiger partial charge is 0.479 e. The van der Waals surface area contributed by atoms with E-state index in [2.05, 4.69) is 10.1 Å². The maximum atomic E-state index is 11.6. The van der Waals surface area contributed by atoms with E-state index in [4.69, 9.17) is 10.2 Å². The van der Waals surface area contributed by atoms with Gasteiger partial charge in [0.25, 0.3) is 5.91 Å². The van der Waals surface area contributed by atoms with Gasteiger partial charge in [-0.25, -0.2) is 10.2 Å². The smallest absolute Gasteiger partial charge is 0.335 e. The Balaban J connectivity index is 0.00000484. The fraction of sp³-hybridized carbons (Fsp3) is 0.333. The van der Waals surface area contributed by atoms with Crippen molar-refractivity contribution in [2.45, 2.75) is 24.4 Å². The summed E-state index contributed by atoms with van der Waals surface area (Å²) in [5.41, 5.74) is 2.30. The summed E-state index contributed by atoms with van der Waals surface area (Å²) in [5, 5.41) is 49.1. The number of aromatic nitrogens is 1. The van der Waals surface area contributed by atoms with Crippen molar-refractivity contribution in [1.82, 2.24) is 10.4 Å². The van der Waals surface area contributed by atoms with Crippen LogP contribution >= 0.6 is 0 Å². The van der Waals surface area contributed by atoms with Gasteiger partial charge in [-0.2, -0.15) is 5.10 Å². The number of hydrogen-bond donors (Lipinski definition) is 6. The van der Waals surface area contributed by atoms with E-state index in [-0.39, 0.29) is 35.1 Å². The van der Waals surface area contributed by atoms with Crippen LogP contribution in [0.3, 0.4) is 0 Å². The summed E-state index contributed by atoms with van der Waals surface area (Å²) < 4.78 is 0. The average molecular weight is 336 g/mol. The van der Waals surface area contributed by atoms with Crippen LogP contribution in [0.2, 0.25) is 0 Å². The van der Waals surface area contributed by atoms with E-state index in [1.165, 1.54) is 24.5 Å². The number of hydrazone groups is 1. The number of amides is 1. The fourth-order valence-corrected chi connectivity index (χ4v) is 1.36. The third-order valence-electron chi connectivity index (χ3n) is 2.61. The maximum Gasteiger partial charge on any atom is 0.335 e. The van der Waals surface area contributed by atoms with Gasteiger partial charge in [0.05, 0.1) is 6.21 Å². The van der Waals surface area contributed by atoms with Gasteiger partial charge in [0, 0.05) is 47.5 Å². The van der Waals surface area contributed by atoms with Crippen molar-refractivity contribution < 1.29 is 35.1 Å². The number of aliphatic carboxylic acids is 1. The minimum Gasteiger partial charge on any atom is -0.479 e. The molecule has 121 valence electrons. The number of carbonyl (C=O) groups is 2. The molecule has 0 aliphatic heterocycles. The molecule has 1 radical (unpaired) electrons. The van der Waals surface area contributed by atoms with E-state index < -0.39 is 36.3 Å². The number of hydrogen-bond acceptors (Lipinski definition) is 8. The molecule has 0 spiro atoms. The van der Waals surface area contributed by atoms with E-state index >= 15 is 0 Å². The molecule has 11 heteroatoms. The molecular weight excluding hydrogens is 321 g/mol. The SMILES string of the molecule is O=C(NN=C[C@H](O)[C@@H](O)[C@H](O)[C@H](O)C(=O)O)c1ccncc1.[Na]. The van der Waals surface area contributed by atoms with Gasteiger partial charge < -0.3 is 25.5 Å². The summed E-state index contributed by atoms with van der Waals surface area (Å²) in [6.45, 7) is 0. The van der Waals surface area contributed by atoms with E-state index in [0.717, 1.165) is 0 Å². The molecule has 6 N–H and O–H groups in total. The molecule has 10 nitrogen and oxygen atoms in total. The van der Waals surface area contributed by atoms with E-state index in [0.29, 0.717) is 6.21 Å². The van der Waals surface area contributed by atoms with Crippen molar-refractivity contribution >= 4 is 47.6 Å². The second-order valence-electron chi connectivity index (χ2n) is 4.21. The van der Waals surface area contributed by atoms with Gasteiger partial charge in [0.2, 0.25) is 0 Å². The maximum absolute atomic E-state index is 11.6. The third kappa shape index (κ3) is 6.71. The quantitative estimate of drug-likeness (QED) is 0.173. The van der Waals surface area contributed by atoms with Crippen molar-refractivity contribution in [2.75, 3.05) is 0 Å². The van der Waals surface area contributed by atoms with Gasteiger partial charge in [-0.15, -0.1) is 0 Å². The number of aliphatic hydroxyl groups excluding tert-OH is 4. The molecule has 0 fully saturated rings. The number of nitrogens with one attached hydrogen (secondary N) is 1. The van der Waals surface area contributed by atoms with Crippen LogP contribution in [-0.2, 0) is 4.79 Å². The van der Waals surface area contributed by atoms with Crippen molar-refractivity contribution in [1.29, 1.82) is 0 Å². The van der Waals surface area contributed by atoms with Gasteiger partial charge in [0.15, 0.2) is 6.10 Å². The van der Waals surface area contributed by atoms with Crippen LogP contribution in [0.1, 0.15) is 10.4 Å². The summed E-state index contributed by atoms with van der Waals surface area (Å²) in [4.78, 5) is 25.7. The van der Waals surface area contributed by atoms with E-state index in [1.54, 1.807) is 0 Å². The van der Waals surface area contributed by atoms with Crippen molar-refractivity contribution in [2.24, 2.45) is 5.10 Å². The zero-order valence-corrected chi connectivity index (χ0v) is 14.1. The Labute approximate surface area is 152 Å². The first-order valence-corrected chi connectivity index (χ1v) is 6.03. The van der Waals surface area contributed by atoms with Crippen molar-refractivity contribution in [3.05, 3.63) is 30.1 Å². The average Bonchev–Trinajstić information content (AvgIpc) is 2.53. The fourth-order valence-electron chi connectivity index (χ4n) is 1.36. The predicted octanol–water partition coefficient (Wildman–Crippen LogP) is -3.06. The van der Waals surface area contributed by atoms with Gasteiger partial charge in [0.1, 0.15) is 18.3 Å². The molecule has 0 saturated carbocycles. The van der Waals surface area contributed by atoms with Crippen LogP contribution in [0.4, 0.5) is 0 Å². The van der Waals surface area contributed by atoms with Gasteiger partial charge in [-0.1, -0.05) is 0 Å². The normalized spacial score (nSPS) is 16.0. The van der Waals surface area contributed by atoms with E-state index in [9.17, 15) is 24.9 Å². The molecule has 1 heterocycles. The minimum absolute atomic E-state index is 0. The summed E-state index contributed by atoms with van der Waals surface area (Å²) in [7, 11) is 0. The summed E-state index contributed by atoms with van der Waals surface area (Å²) in [5.74, 6) is -2.37. The van der Waals surface area contributed by atoms with Crippen LogP contribution in [-0.4, -0.2) is 103 Å². The molecule has 0 aliphatic carbocycles. The zero-order valence-electron chi connectivity index (χ0n) is 12.1. The van der Waals surface area contributed by atoms with E-state index in [1.807, 2.05) is 5.43 Å². The Morgan fingerprint density at radius 3 is 2.22 bits per heavy atom. The van der Waals surface area contributed by atoms with Crippen molar-refractivity contribution in [3.8, 4) is 0 Å². The standard InChI is InChI=1S/C12H15N3O7.Na/c16-7(8(17)9(18)10(19)12(21)22)5-14-15-11(20)6-1-3-13-4-2-6;/h1-5,7-10,16-19H,(H,15,20)(H,21,22);/t7-,8+,9-,10-;/m0./s1. The molecule has 0 aliphatic rings. The van der Waals surface area contributed by atoms with Crippen LogP contribution in [0.25, 0.3) is 0 Å². The van der Waals surface area contributed by atoms with Gasteiger partial charge in [-0.05, 0) is 12.1 Å². The molecule has 23 heavy (non-hydrogen) atoms. The molecule has 1 amide bonds. The van der Waals surface area contributed by atoms with Crippen LogP contribution in [0.15, 0.2) is 29.6 Å².